The molecule has 0 heterocycles. The van der Waals surface area contributed by atoms with Gasteiger partial charge < -0.3 is 4.74 Å². The molecule has 0 fully saturated rings. The highest BCUT2D eigenvalue weighted by Gasteiger charge is 2.08. The van der Waals surface area contributed by atoms with Gasteiger partial charge in [-0.25, -0.2) is 0 Å². The lowest BCUT2D eigenvalue weighted by Gasteiger charge is -2.07. The maximum absolute atomic E-state index is 12.5. The fourth-order valence-electron chi connectivity index (χ4n) is 2.60. The lowest BCUT2D eigenvalue weighted by molar-refractivity contribution is 0.104. The molecule has 3 rings (SSSR count). The molecule has 0 aliphatic carbocycles. The van der Waals surface area contributed by atoms with E-state index < -0.39 is 0 Å². The van der Waals surface area contributed by atoms with E-state index in [1.54, 1.807) is 12.1 Å². The highest BCUT2D eigenvalue weighted by atomic mass is 16.5. The Bertz CT molecular complexity index is 857. The minimum Gasteiger partial charge on any atom is -0.493 e. The van der Waals surface area contributed by atoms with Gasteiger partial charge in [-0.05, 0) is 41.5 Å². The standard InChI is InChI=1S/C21H18O2/c1-2-23-21-13-6-5-12-19(21)20(22)15-14-17-10-7-9-16-8-3-4-11-18(16)17/h3-15H,2H2,1H3/b15-14+. The van der Waals surface area contributed by atoms with Crippen molar-refractivity contribution in [3.8, 4) is 5.75 Å². The van der Waals surface area contributed by atoms with Crippen LogP contribution in [0.4, 0.5) is 0 Å². The van der Waals surface area contributed by atoms with E-state index in [1.165, 1.54) is 0 Å². The second-order valence-electron chi connectivity index (χ2n) is 5.20. The second kappa shape index (κ2) is 6.93. The van der Waals surface area contributed by atoms with Crippen molar-refractivity contribution in [1.29, 1.82) is 0 Å². The highest BCUT2D eigenvalue weighted by molar-refractivity contribution is 6.09. The van der Waals surface area contributed by atoms with Crippen molar-refractivity contribution in [2.45, 2.75) is 6.92 Å². The van der Waals surface area contributed by atoms with Crippen molar-refractivity contribution in [2.24, 2.45) is 0 Å². The van der Waals surface area contributed by atoms with Crippen LogP contribution in [0.5, 0.6) is 5.75 Å². The molecule has 2 heteroatoms. The summed E-state index contributed by atoms with van der Waals surface area (Å²) in [5.74, 6) is 0.574. The summed E-state index contributed by atoms with van der Waals surface area (Å²) in [6.07, 6.45) is 3.48. The fourth-order valence-corrected chi connectivity index (χ4v) is 2.60. The van der Waals surface area contributed by atoms with Crippen molar-refractivity contribution in [3.05, 3.63) is 83.9 Å². The van der Waals surface area contributed by atoms with E-state index in [4.69, 9.17) is 4.74 Å². The van der Waals surface area contributed by atoms with Gasteiger partial charge in [-0.3, -0.25) is 4.79 Å². The third-order valence-corrected chi connectivity index (χ3v) is 3.69. The largest absolute Gasteiger partial charge is 0.493 e. The Kier molecular flexibility index (Phi) is 4.53. The molecule has 2 nitrogen and oxygen atoms in total. The number of ether oxygens (including phenoxy) is 1. The summed E-state index contributed by atoms with van der Waals surface area (Å²) in [5.41, 5.74) is 1.62. The molecule has 0 amide bonds. The van der Waals surface area contributed by atoms with Gasteiger partial charge in [-0.2, -0.15) is 0 Å². The maximum Gasteiger partial charge on any atom is 0.189 e. The number of fused-ring (bicyclic) bond motifs is 1. The van der Waals surface area contributed by atoms with Crippen molar-refractivity contribution >= 4 is 22.6 Å². The van der Waals surface area contributed by atoms with Gasteiger partial charge in [0, 0.05) is 0 Å². The van der Waals surface area contributed by atoms with Crippen molar-refractivity contribution in [3.63, 3.8) is 0 Å². The molecule has 0 aromatic heterocycles. The van der Waals surface area contributed by atoms with Crippen LogP contribution < -0.4 is 4.74 Å². The fraction of sp³-hybridized carbons (Fsp3) is 0.0952. The average molecular weight is 302 g/mol. The van der Waals surface area contributed by atoms with Crippen LogP contribution in [0.1, 0.15) is 22.8 Å². The smallest absolute Gasteiger partial charge is 0.189 e. The van der Waals surface area contributed by atoms with Gasteiger partial charge in [0.2, 0.25) is 0 Å². The van der Waals surface area contributed by atoms with E-state index >= 15 is 0 Å². The summed E-state index contributed by atoms with van der Waals surface area (Å²) in [5, 5.41) is 2.30. The lowest BCUT2D eigenvalue weighted by Crippen LogP contribution is -2.01. The molecule has 23 heavy (non-hydrogen) atoms. The number of benzene rings is 3. The Hall–Kier alpha value is -2.87. The molecule has 114 valence electrons. The minimum absolute atomic E-state index is 0.0537. The first kappa shape index (κ1) is 15.0. The molecular formula is C21H18O2. The number of rotatable bonds is 5. The van der Waals surface area contributed by atoms with Crippen LogP contribution in [-0.2, 0) is 0 Å². The molecule has 0 aliphatic rings. The quantitative estimate of drug-likeness (QED) is 0.482. The number of allylic oxidation sites excluding steroid dienone is 1. The van der Waals surface area contributed by atoms with Gasteiger partial charge in [0.15, 0.2) is 5.78 Å². The summed E-state index contributed by atoms with van der Waals surface area (Å²) >= 11 is 0. The number of carbonyl (C=O) groups excluding carboxylic acids is 1. The van der Waals surface area contributed by atoms with Crippen LogP contribution in [0.2, 0.25) is 0 Å². The zero-order valence-corrected chi connectivity index (χ0v) is 13.0. The summed E-state index contributed by atoms with van der Waals surface area (Å²) < 4.78 is 5.53. The number of ketones is 1. The first-order valence-electron chi connectivity index (χ1n) is 7.71. The third-order valence-electron chi connectivity index (χ3n) is 3.69. The molecule has 0 saturated carbocycles. The van der Waals surface area contributed by atoms with E-state index in [0.29, 0.717) is 17.9 Å². The van der Waals surface area contributed by atoms with Crippen molar-refractivity contribution in [1.82, 2.24) is 0 Å². The van der Waals surface area contributed by atoms with E-state index in [1.807, 2.05) is 55.5 Å². The Balaban J connectivity index is 1.92. The zero-order valence-electron chi connectivity index (χ0n) is 13.0. The van der Waals surface area contributed by atoms with Gasteiger partial charge in [-0.15, -0.1) is 0 Å². The molecular weight excluding hydrogens is 284 g/mol. The Labute approximate surface area is 136 Å². The van der Waals surface area contributed by atoms with Gasteiger partial charge in [0.25, 0.3) is 0 Å². The summed E-state index contributed by atoms with van der Waals surface area (Å²) in [4.78, 5) is 12.5. The predicted octanol–water partition coefficient (Wildman–Crippen LogP) is 5.13. The molecule has 0 aliphatic heterocycles. The highest BCUT2D eigenvalue weighted by Crippen LogP contribution is 2.22. The van der Waals surface area contributed by atoms with Gasteiger partial charge >= 0.3 is 0 Å². The van der Waals surface area contributed by atoms with E-state index in [9.17, 15) is 4.79 Å². The minimum atomic E-state index is -0.0537. The summed E-state index contributed by atoms with van der Waals surface area (Å²) in [6.45, 7) is 2.45. The van der Waals surface area contributed by atoms with Crippen LogP contribution in [0.25, 0.3) is 16.8 Å². The van der Waals surface area contributed by atoms with E-state index in [0.717, 1.165) is 16.3 Å². The van der Waals surface area contributed by atoms with Crippen molar-refractivity contribution < 1.29 is 9.53 Å². The average Bonchev–Trinajstić information content (AvgIpc) is 2.60. The second-order valence-corrected chi connectivity index (χ2v) is 5.20. The molecule has 3 aromatic carbocycles. The number of carbonyl (C=O) groups is 1. The van der Waals surface area contributed by atoms with Crippen LogP contribution in [0, 0.1) is 0 Å². The van der Waals surface area contributed by atoms with Gasteiger partial charge in [0.05, 0.1) is 12.2 Å². The van der Waals surface area contributed by atoms with Gasteiger partial charge in [-0.1, -0.05) is 60.7 Å². The first-order valence-corrected chi connectivity index (χ1v) is 7.71. The number of hydrogen-bond acceptors (Lipinski definition) is 2. The van der Waals surface area contributed by atoms with E-state index in [-0.39, 0.29) is 5.78 Å². The molecule has 0 unspecified atom stereocenters. The molecule has 0 atom stereocenters. The van der Waals surface area contributed by atoms with Crippen LogP contribution >= 0.6 is 0 Å². The summed E-state index contributed by atoms with van der Waals surface area (Å²) in [6, 6.07) is 21.6. The van der Waals surface area contributed by atoms with Gasteiger partial charge in [0.1, 0.15) is 5.75 Å². The Morgan fingerprint density at radius 3 is 2.57 bits per heavy atom. The molecule has 0 saturated heterocycles. The summed E-state index contributed by atoms with van der Waals surface area (Å²) in [7, 11) is 0. The maximum atomic E-state index is 12.5. The molecule has 0 bridgehead atoms. The van der Waals surface area contributed by atoms with Crippen molar-refractivity contribution in [2.75, 3.05) is 6.61 Å². The molecule has 0 N–H and O–H groups in total. The SMILES string of the molecule is CCOc1ccccc1C(=O)/C=C/c1cccc2ccccc12. The zero-order chi connectivity index (χ0) is 16.1. The first-order chi connectivity index (χ1) is 11.3. The normalized spacial score (nSPS) is 11.0. The van der Waals surface area contributed by atoms with E-state index in [2.05, 4.69) is 18.2 Å². The van der Waals surface area contributed by atoms with Crippen LogP contribution in [0.15, 0.2) is 72.8 Å². The molecule has 3 aromatic rings. The monoisotopic (exact) mass is 302 g/mol. The van der Waals surface area contributed by atoms with Crippen LogP contribution in [-0.4, -0.2) is 12.4 Å². The topological polar surface area (TPSA) is 26.3 Å². The van der Waals surface area contributed by atoms with Crippen LogP contribution in [0.3, 0.4) is 0 Å². The number of hydrogen-bond donors (Lipinski definition) is 0. The predicted molar refractivity (Wildman–Crippen MR) is 94.9 cm³/mol. The third kappa shape index (κ3) is 3.32. The number of para-hydroxylation sites is 1. The molecule has 0 spiro atoms. The Morgan fingerprint density at radius 1 is 0.957 bits per heavy atom. The molecule has 0 radical (unpaired) electrons. The Morgan fingerprint density at radius 2 is 1.70 bits per heavy atom. The lowest BCUT2D eigenvalue weighted by atomic mass is 10.0.